The molecule has 0 bridgehead atoms. The van der Waals surface area contributed by atoms with E-state index < -0.39 is 0 Å². The zero-order valence-electron chi connectivity index (χ0n) is 8.91. The number of rotatable bonds is 6. The molecule has 1 aromatic heterocycles. The first kappa shape index (κ1) is 11.3. The van der Waals surface area contributed by atoms with E-state index in [0.29, 0.717) is 0 Å². The molecule has 0 saturated carbocycles. The van der Waals surface area contributed by atoms with Gasteiger partial charge in [-0.2, -0.15) is 0 Å². The Kier molecular flexibility index (Phi) is 4.42. The Bertz CT molecular complexity index is 354. The molecule has 0 amide bonds. The zero-order chi connectivity index (χ0) is 11.1. The van der Waals surface area contributed by atoms with E-state index in [2.05, 4.69) is 19.7 Å². The maximum absolute atomic E-state index is 5.26. The zero-order valence-corrected chi connectivity index (χ0v) is 8.91. The highest BCUT2D eigenvalue weighted by atomic mass is 16.3. The van der Waals surface area contributed by atoms with E-state index in [4.69, 9.17) is 4.42 Å². The van der Waals surface area contributed by atoms with Gasteiger partial charge in [0.2, 0.25) is 0 Å². The SMILES string of the molecule is C=CCC(=CC(=C)c1ccco1)CC=C. The molecule has 0 saturated heterocycles. The third-order valence-electron chi connectivity index (χ3n) is 2.03. The van der Waals surface area contributed by atoms with Crippen molar-refractivity contribution in [2.45, 2.75) is 12.8 Å². The third-order valence-corrected chi connectivity index (χ3v) is 2.03. The molecule has 0 fully saturated rings. The van der Waals surface area contributed by atoms with Crippen LogP contribution in [-0.4, -0.2) is 0 Å². The summed E-state index contributed by atoms with van der Waals surface area (Å²) >= 11 is 0. The van der Waals surface area contributed by atoms with Gasteiger partial charge < -0.3 is 4.42 Å². The molecule has 1 rings (SSSR count). The molecule has 0 unspecified atom stereocenters. The van der Waals surface area contributed by atoms with Crippen molar-refractivity contribution in [2.75, 3.05) is 0 Å². The summed E-state index contributed by atoms with van der Waals surface area (Å²) in [5.41, 5.74) is 2.13. The van der Waals surface area contributed by atoms with Gasteiger partial charge in [-0.1, -0.05) is 30.4 Å². The molecule has 1 heterocycles. The highest BCUT2D eigenvalue weighted by Crippen LogP contribution is 2.19. The van der Waals surface area contributed by atoms with Crippen LogP contribution in [0.4, 0.5) is 0 Å². The van der Waals surface area contributed by atoms with Gasteiger partial charge in [0, 0.05) is 5.57 Å². The van der Waals surface area contributed by atoms with Crippen molar-refractivity contribution in [1.82, 2.24) is 0 Å². The minimum absolute atomic E-state index is 0.806. The molecule has 0 aliphatic rings. The van der Waals surface area contributed by atoms with Crippen LogP contribution in [0.3, 0.4) is 0 Å². The van der Waals surface area contributed by atoms with Gasteiger partial charge in [-0.15, -0.1) is 13.2 Å². The Hall–Kier alpha value is -1.76. The highest BCUT2D eigenvalue weighted by Gasteiger charge is 2.00. The van der Waals surface area contributed by atoms with E-state index in [9.17, 15) is 0 Å². The molecule has 1 aromatic rings. The summed E-state index contributed by atoms with van der Waals surface area (Å²) in [6.45, 7) is 11.4. The summed E-state index contributed by atoms with van der Waals surface area (Å²) in [5, 5.41) is 0. The Morgan fingerprint density at radius 3 is 2.40 bits per heavy atom. The van der Waals surface area contributed by atoms with Crippen LogP contribution in [0.5, 0.6) is 0 Å². The van der Waals surface area contributed by atoms with Crippen LogP contribution in [0.1, 0.15) is 18.6 Å². The average molecular weight is 200 g/mol. The van der Waals surface area contributed by atoms with Crippen molar-refractivity contribution in [3.05, 3.63) is 67.7 Å². The molecule has 0 spiro atoms. The molecule has 0 N–H and O–H groups in total. The average Bonchev–Trinajstić information content (AvgIpc) is 2.71. The van der Waals surface area contributed by atoms with Crippen LogP contribution in [0.25, 0.3) is 5.57 Å². The first-order valence-electron chi connectivity index (χ1n) is 4.92. The second kappa shape index (κ2) is 5.86. The topological polar surface area (TPSA) is 13.1 Å². The van der Waals surface area contributed by atoms with Gasteiger partial charge in [-0.3, -0.25) is 0 Å². The Labute approximate surface area is 91.1 Å². The van der Waals surface area contributed by atoms with Gasteiger partial charge in [0.05, 0.1) is 6.26 Å². The quantitative estimate of drug-likeness (QED) is 0.491. The predicted octanol–water partition coefficient (Wildman–Crippen LogP) is 4.37. The van der Waals surface area contributed by atoms with Crippen molar-refractivity contribution in [2.24, 2.45) is 0 Å². The molecular formula is C14H16O. The fourth-order valence-electron chi connectivity index (χ4n) is 1.35. The predicted molar refractivity (Wildman–Crippen MR) is 65.5 cm³/mol. The van der Waals surface area contributed by atoms with Crippen molar-refractivity contribution < 1.29 is 4.42 Å². The molecular weight excluding hydrogens is 184 g/mol. The number of allylic oxidation sites excluding steroid dienone is 5. The van der Waals surface area contributed by atoms with Gasteiger partial charge >= 0.3 is 0 Å². The van der Waals surface area contributed by atoms with E-state index in [1.807, 2.05) is 30.4 Å². The normalized spacial score (nSPS) is 9.33. The van der Waals surface area contributed by atoms with Crippen LogP contribution >= 0.6 is 0 Å². The van der Waals surface area contributed by atoms with Gasteiger partial charge in [0.1, 0.15) is 5.76 Å². The van der Waals surface area contributed by atoms with E-state index in [-0.39, 0.29) is 0 Å². The monoisotopic (exact) mass is 200 g/mol. The van der Waals surface area contributed by atoms with Crippen LogP contribution in [-0.2, 0) is 0 Å². The van der Waals surface area contributed by atoms with Crippen molar-refractivity contribution in [1.29, 1.82) is 0 Å². The lowest BCUT2D eigenvalue weighted by atomic mass is 10.0. The van der Waals surface area contributed by atoms with Crippen molar-refractivity contribution in [3.8, 4) is 0 Å². The number of hydrogen-bond donors (Lipinski definition) is 0. The molecule has 0 radical (unpaired) electrons. The van der Waals surface area contributed by atoms with Crippen LogP contribution in [0.15, 0.2) is 66.4 Å². The molecule has 1 nitrogen and oxygen atoms in total. The Balaban J connectivity index is 2.77. The van der Waals surface area contributed by atoms with E-state index in [1.54, 1.807) is 6.26 Å². The number of hydrogen-bond acceptors (Lipinski definition) is 1. The van der Waals surface area contributed by atoms with E-state index in [1.165, 1.54) is 5.57 Å². The second-order valence-electron chi connectivity index (χ2n) is 3.29. The molecule has 0 aromatic carbocycles. The van der Waals surface area contributed by atoms with Crippen LogP contribution in [0.2, 0.25) is 0 Å². The lowest BCUT2D eigenvalue weighted by Gasteiger charge is -2.02. The summed E-state index contributed by atoms with van der Waals surface area (Å²) in [4.78, 5) is 0. The Morgan fingerprint density at radius 2 is 1.93 bits per heavy atom. The highest BCUT2D eigenvalue weighted by molar-refractivity contribution is 5.69. The lowest BCUT2D eigenvalue weighted by molar-refractivity contribution is 0.554. The van der Waals surface area contributed by atoms with Gasteiger partial charge in [0.15, 0.2) is 0 Å². The van der Waals surface area contributed by atoms with Gasteiger partial charge in [-0.05, 0) is 25.0 Å². The van der Waals surface area contributed by atoms with Crippen molar-refractivity contribution in [3.63, 3.8) is 0 Å². The molecule has 0 aliphatic carbocycles. The summed E-state index contributed by atoms with van der Waals surface area (Å²) in [7, 11) is 0. The summed E-state index contributed by atoms with van der Waals surface area (Å²) in [6, 6.07) is 3.76. The minimum atomic E-state index is 0.806. The van der Waals surface area contributed by atoms with Gasteiger partial charge in [-0.25, -0.2) is 0 Å². The molecule has 15 heavy (non-hydrogen) atoms. The molecule has 78 valence electrons. The smallest absolute Gasteiger partial charge is 0.133 e. The lowest BCUT2D eigenvalue weighted by Crippen LogP contribution is -1.82. The molecule has 1 heteroatoms. The Morgan fingerprint density at radius 1 is 1.27 bits per heavy atom. The van der Waals surface area contributed by atoms with Gasteiger partial charge in [0.25, 0.3) is 0 Å². The third kappa shape index (κ3) is 3.47. The van der Waals surface area contributed by atoms with Crippen LogP contribution in [0, 0.1) is 0 Å². The first-order chi connectivity index (χ1) is 7.27. The second-order valence-corrected chi connectivity index (χ2v) is 3.29. The fraction of sp³-hybridized carbons (Fsp3) is 0.143. The van der Waals surface area contributed by atoms with E-state index in [0.717, 1.165) is 24.2 Å². The summed E-state index contributed by atoms with van der Waals surface area (Å²) in [6.07, 6.45) is 9.14. The largest absolute Gasteiger partial charge is 0.464 e. The summed E-state index contributed by atoms with van der Waals surface area (Å²) in [5.74, 6) is 0.806. The fourth-order valence-corrected chi connectivity index (χ4v) is 1.35. The van der Waals surface area contributed by atoms with E-state index >= 15 is 0 Å². The standard InChI is InChI=1S/C14H16O/c1-4-7-13(8-5-2)11-12(3)14-9-6-10-15-14/h4-6,9-11H,1-3,7-8H2. The van der Waals surface area contributed by atoms with Crippen molar-refractivity contribution >= 4 is 5.57 Å². The van der Waals surface area contributed by atoms with Crippen LogP contribution < -0.4 is 0 Å². The maximum Gasteiger partial charge on any atom is 0.133 e. The molecule has 0 atom stereocenters. The molecule has 0 aliphatic heterocycles. The first-order valence-corrected chi connectivity index (χ1v) is 4.92. The maximum atomic E-state index is 5.26. The number of furan rings is 1. The minimum Gasteiger partial charge on any atom is -0.464 e. The summed E-state index contributed by atoms with van der Waals surface area (Å²) < 4.78 is 5.26.